The fourth-order valence-corrected chi connectivity index (χ4v) is 1.15. The molecule has 0 bridgehead atoms. The Bertz CT molecular complexity index is 278. The van der Waals surface area contributed by atoms with Gasteiger partial charge in [0.15, 0.2) is 6.29 Å². The second-order valence-electron chi connectivity index (χ2n) is 2.76. The van der Waals surface area contributed by atoms with Gasteiger partial charge in [-0.1, -0.05) is 12.1 Å². The molecule has 0 atom stereocenters. The number of ether oxygens (including phenoxy) is 2. The minimum atomic E-state index is -0.180. The van der Waals surface area contributed by atoms with Crippen LogP contribution in [0.3, 0.4) is 0 Å². The Morgan fingerprint density at radius 3 is 2.92 bits per heavy atom. The van der Waals surface area contributed by atoms with Gasteiger partial charge in [-0.15, -0.1) is 0 Å². The zero-order chi connectivity index (χ0) is 8.93. The zero-order valence-electron chi connectivity index (χ0n) is 7.22. The first-order valence-corrected chi connectivity index (χ1v) is 4.26. The average Bonchev–Trinajstić information content (AvgIpc) is 2.69. The van der Waals surface area contributed by atoms with Crippen molar-refractivity contribution in [2.45, 2.75) is 6.29 Å². The molecule has 1 fully saturated rings. The van der Waals surface area contributed by atoms with E-state index in [0.29, 0.717) is 13.2 Å². The van der Waals surface area contributed by atoms with Crippen LogP contribution in [-0.2, 0) is 9.47 Å². The van der Waals surface area contributed by atoms with Crippen molar-refractivity contribution in [2.75, 3.05) is 13.2 Å². The summed E-state index contributed by atoms with van der Waals surface area (Å²) in [5.41, 5.74) is 1.06. The Hall–Kier alpha value is -1.19. The maximum Gasteiger partial charge on any atom is 0.177 e. The summed E-state index contributed by atoms with van der Waals surface area (Å²) in [6.07, 6.45) is 7.21. The molecular formula is C10H11NO2. The highest BCUT2D eigenvalue weighted by Crippen LogP contribution is 2.07. The van der Waals surface area contributed by atoms with Gasteiger partial charge in [-0.3, -0.25) is 4.98 Å². The molecule has 0 spiro atoms. The van der Waals surface area contributed by atoms with Crippen LogP contribution in [0.15, 0.2) is 30.6 Å². The van der Waals surface area contributed by atoms with Crippen LogP contribution in [0.25, 0.3) is 6.08 Å². The van der Waals surface area contributed by atoms with Crippen LogP contribution in [0.5, 0.6) is 0 Å². The number of aromatic nitrogens is 1. The van der Waals surface area contributed by atoms with Crippen molar-refractivity contribution in [3.8, 4) is 0 Å². The maximum absolute atomic E-state index is 5.25. The van der Waals surface area contributed by atoms with E-state index in [9.17, 15) is 0 Å². The molecule has 0 N–H and O–H groups in total. The third-order valence-electron chi connectivity index (χ3n) is 1.78. The van der Waals surface area contributed by atoms with Gasteiger partial charge in [-0.05, 0) is 17.7 Å². The summed E-state index contributed by atoms with van der Waals surface area (Å²) in [6, 6.07) is 3.88. The van der Waals surface area contributed by atoms with Gasteiger partial charge in [-0.25, -0.2) is 0 Å². The van der Waals surface area contributed by atoms with E-state index in [1.54, 1.807) is 12.4 Å². The molecule has 2 rings (SSSR count). The first kappa shape index (κ1) is 8.41. The molecule has 2 heterocycles. The molecule has 0 unspecified atom stereocenters. The van der Waals surface area contributed by atoms with Crippen molar-refractivity contribution < 1.29 is 9.47 Å². The minimum Gasteiger partial charge on any atom is -0.347 e. The van der Waals surface area contributed by atoms with Crippen LogP contribution in [0.1, 0.15) is 5.56 Å². The molecule has 0 aliphatic carbocycles. The van der Waals surface area contributed by atoms with Crippen LogP contribution < -0.4 is 0 Å². The molecule has 0 saturated carbocycles. The fraction of sp³-hybridized carbons (Fsp3) is 0.300. The highest BCUT2D eigenvalue weighted by molar-refractivity contribution is 5.47. The molecule has 68 valence electrons. The second kappa shape index (κ2) is 4.16. The van der Waals surface area contributed by atoms with E-state index in [1.807, 2.05) is 24.3 Å². The van der Waals surface area contributed by atoms with Gasteiger partial charge in [0.1, 0.15) is 0 Å². The van der Waals surface area contributed by atoms with Crippen LogP contribution in [0, 0.1) is 0 Å². The zero-order valence-corrected chi connectivity index (χ0v) is 7.22. The Morgan fingerprint density at radius 2 is 2.23 bits per heavy atom. The Balaban J connectivity index is 1.97. The van der Waals surface area contributed by atoms with E-state index in [1.165, 1.54) is 0 Å². The molecule has 13 heavy (non-hydrogen) atoms. The van der Waals surface area contributed by atoms with Gasteiger partial charge in [0.05, 0.1) is 13.2 Å². The standard InChI is InChI=1S/C10H11NO2/c1-2-9(8-11-5-1)3-4-10-12-6-7-13-10/h1-5,8,10H,6-7H2/b4-3+. The lowest BCUT2D eigenvalue weighted by atomic mass is 10.2. The van der Waals surface area contributed by atoms with Crippen LogP contribution in [0.4, 0.5) is 0 Å². The summed E-state index contributed by atoms with van der Waals surface area (Å²) < 4.78 is 10.5. The second-order valence-corrected chi connectivity index (χ2v) is 2.76. The molecule has 1 aromatic rings. The van der Waals surface area contributed by atoms with Crippen molar-refractivity contribution >= 4 is 6.08 Å². The largest absolute Gasteiger partial charge is 0.347 e. The SMILES string of the molecule is C(=C\C1OCCO1)/c1cccnc1. The van der Waals surface area contributed by atoms with E-state index >= 15 is 0 Å². The maximum atomic E-state index is 5.25. The molecule has 0 aromatic carbocycles. The summed E-state index contributed by atoms with van der Waals surface area (Å²) in [5, 5.41) is 0. The number of nitrogens with zero attached hydrogens (tertiary/aromatic N) is 1. The third-order valence-corrected chi connectivity index (χ3v) is 1.78. The van der Waals surface area contributed by atoms with Gasteiger partial charge in [0, 0.05) is 12.4 Å². The summed E-state index contributed by atoms with van der Waals surface area (Å²) in [5.74, 6) is 0. The highest BCUT2D eigenvalue weighted by atomic mass is 16.7. The number of pyridine rings is 1. The Kier molecular flexibility index (Phi) is 2.69. The fourth-order valence-electron chi connectivity index (χ4n) is 1.15. The van der Waals surface area contributed by atoms with E-state index in [0.717, 1.165) is 5.56 Å². The van der Waals surface area contributed by atoms with E-state index in [2.05, 4.69) is 4.98 Å². The predicted molar refractivity (Wildman–Crippen MR) is 49.0 cm³/mol. The monoisotopic (exact) mass is 177 g/mol. The molecule has 3 nitrogen and oxygen atoms in total. The highest BCUT2D eigenvalue weighted by Gasteiger charge is 2.11. The summed E-state index contributed by atoms with van der Waals surface area (Å²) in [4.78, 5) is 4.00. The molecule has 0 radical (unpaired) electrons. The van der Waals surface area contributed by atoms with Crippen LogP contribution >= 0.6 is 0 Å². The molecule has 1 aliphatic heterocycles. The Morgan fingerprint density at radius 1 is 1.38 bits per heavy atom. The lowest BCUT2D eigenvalue weighted by Gasteiger charge is -2.00. The van der Waals surface area contributed by atoms with E-state index in [-0.39, 0.29) is 6.29 Å². The molecule has 0 amide bonds. The van der Waals surface area contributed by atoms with Crippen molar-refractivity contribution in [1.82, 2.24) is 4.98 Å². The predicted octanol–water partition coefficient (Wildman–Crippen LogP) is 1.47. The van der Waals surface area contributed by atoms with Crippen molar-refractivity contribution in [2.24, 2.45) is 0 Å². The number of hydrogen-bond acceptors (Lipinski definition) is 3. The minimum absolute atomic E-state index is 0.180. The number of hydrogen-bond donors (Lipinski definition) is 0. The summed E-state index contributed by atoms with van der Waals surface area (Å²) in [7, 11) is 0. The van der Waals surface area contributed by atoms with Gasteiger partial charge in [0.2, 0.25) is 0 Å². The first-order valence-electron chi connectivity index (χ1n) is 4.26. The Labute approximate surface area is 77.0 Å². The lowest BCUT2D eigenvalue weighted by Crippen LogP contribution is -2.01. The molecule has 3 heteroatoms. The quantitative estimate of drug-likeness (QED) is 0.685. The molecular weight excluding hydrogens is 166 g/mol. The van der Waals surface area contributed by atoms with Gasteiger partial charge >= 0.3 is 0 Å². The third kappa shape index (κ3) is 2.37. The summed E-state index contributed by atoms with van der Waals surface area (Å²) in [6.45, 7) is 1.37. The van der Waals surface area contributed by atoms with Crippen LogP contribution in [-0.4, -0.2) is 24.5 Å². The molecule has 1 aliphatic rings. The van der Waals surface area contributed by atoms with Crippen molar-refractivity contribution in [3.05, 3.63) is 36.2 Å². The van der Waals surface area contributed by atoms with Crippen molar-refractivity contribution in [1.29, 1.82) is 0 Å². The van der Waals surface area contributed by atoms with Gasteiger partial charge in [-0.2, -0.15) is 0 Å². The number of rotatable bonds is 2. The lowest BCUT2D eigenvalue weighted by molar-refractivity contribution is -0.000907. The van der Waals surface area contributed by atoms with Gasteiger partial charge < -0.3 is 9.47 Å². The average molecular weight is 177 g/mol. The van der Waals surface area contributed by atoms with E-state index < -0.39 is 0 Å². The van der Waals surface area contributed by atoms with E-state index in [4.69, 9.17) is 9.47 Å². The van der Waals surface area contributed by atoms with Gasteiger partial charge in [0.25, 0.3) is 0 Å². The molecule has 1 aromatic heterocycles. The normalized spacial score (nSPS) is 18.5. The summed E-state index contributed by atoms with van der Waals surface area (Å²) >= 11 is 0. The smallest absolute Gasteiger partial charge is 0.177 e. The topological polar surface area (TPSA) is 31.4 Å². The first-order chi connectivity index (χ1) is 6.45. The van der Waals surface area contributed by atoms with Crippen LogP contribution in [0.2, 0.25) is 0 Å². The van der Waals surface area contributed by atoms with Crippen molar-refractivity contribution in [3.63, 3.8) is 0 Å². The molecule has 1 saturated heterocycles.